The number of benzene rings is 2. The van der Waals surface area contributed by atoms with E-state index in [1.807, 2.05) is 19.1 Å². The molecule has 1 aliphatic heterocycles. The van der Waals surface area contributed by atoms with Crippen molar-refractivity contribution < 1.29 is 9.15 Å². The van der Waals surface area contributed by atoms with Crippen molar-refractivity contribution in [3.8, 4) is 17.2 Å². The maximum Gasteiger partial charge on any atom is 0.249 e. The summed E-state index contributed by atoms with van der Waals surface area (Å²) in [5.41, 5.74) is 1.99. The molecule has 0 saturated carbocycles. The predicted octanol–water partition coefficient (Wildman–Crippen LogP) is 4.76. The summed E-state index contributed by atoms with van der Waals surface area (Å²) in [5, 5.41) is 9.40. The molecule has 0 aliphatic carbocycles. The Balaban J connectivity index is 1.28. The third kappa shape index (κ3) is 5.32. The molecule has 6 nitrogen and oxygen atoms in total. The molecule has 2 heterocycles. The van der Waals surface area contributed by atoms with Crippen molar-refractivity contribution in [3.05, 3.63) is 64.0 Å². The van der Waals surface area contributed by atoms with Crippen LogP contribution in [0.4, 0.5) is 0 Å². The Bertz CT molecular complexity index is 970. The van der Waals surface area contributed by atoms with Crippen molar-refractivity contribution in [1.29, 1.82) is 0 Å². The van der Waals surface area contributed by atoms with E-state index >= 15 is 0 Å². The number of aromatic nitrogens is 2. The first-order valence-corrected chi connectivity index (χ1v) is 10.8. The van der Waals surface area contributed by atoms with Crippen LogP contribution >= 0.6 is 23.2 Å². The summed E-state index contributed by atoms with van der Waals surface area (Å²) in [5.74, 6) is 1.93. The van der Waals surface area contributed by atoms with Gasteiger partial charge in [0.05, 0.1) is 23.7 Å². The van der Waals surface area contributed by atoms with Crippen LogP contribution in [0.2, 0.25) is 10.0 Å². The highest BCUT2D eigenvalue weighted by atomic mass is 35.5. The zero-order chi connectivity index (χ0) is 20.9. The van der Waals surface area contributed by atoms with Gasteiger partial charge in [-0.1, -0.05) is 35.3 Å². The summed E-state index contributed by atoms with van der Waals surface area (Å²) in [7, 11) is 0. The lowest BCUT2D eigenvalue weighted by atomic mass is 10.2. The molecule has 0 amide bonds. The van der Waals surface area contributed by atoms with Gasteiger partial charge in [-0.25, -0.2) is 0 Å². The summed E-state index contributed by atoms with van der Waals surface area (Å²) >= 11 is 12.2. The molecule has 0 atom stereocenters. The zero-order valence-corrected chi connectivity index (χ0v) is 18.4. The molecule has 0 bridgehead atoms. The number of hydrogen-bond acceptors (Lipinski definition) is 6. The summed E-state index contributed by atoms with van der Waals surface area (Å²) in [6.45, 7) is 8.17. The van der Waals surface area contributed by atoms with Gasteiger partial charge in [0.2, 0.25) is 11.8 Å². The molecule has 0 radical (unpaired) electrons. The average Bonchev–Trinajstić information content (AvgIpc) is 3.19. The Labute approximate surface area is 186 Å². The van der Waals surface area contributed by atoms with E-state index in [0.29, 0.717) is 40.5 Å². The second kappa shape index (κ2) is 9.79. The second-order valence-corrected chi connectivity index (χ2v) is 8.10. The molecule has 0 spiro atoms. The maximum absolute atomic E-state index is 6.24. The zero-order valence-electron chi connectivity index (χ0n) is 16.9. The molecule has 1 fully saturated rings. The Hall–Kier alpha value is -2.12. The van der Waals surface area contributed by atoms with Crippen LogP contribution in [-0.4, -0.2) is 52.8 Å². The monoisotopic (exact) mass is 446 g/mol. The fraction of sp³-hybridized carbons (Fsp3) is 0.364. The highest BCUT2D eigenvalue weighted by Crippen LogP contribution is 2.29. The minimum absolute atomic E-state index is 0.417. The van der Waals surface area contributed by atoms with Gasteiger partial charge in [0.15, 0.2) is 0 Å². The minimum Gasteiger partial charge on any atom is -0.494 e. The first-order chi connectivity index (χ1) is 14.6. The molecule has 1 aromatic heterocycles. The number of halogens is 2. The smallest absolute Gasteiger partial charge is 0.249 e. The first-order valence-electron chi connectivity index (χ1n) is 10.0. The third-order valence-electron chi connectivity index (χ3n) is 5.09. The van der Waals surface area contributed by atoms with Crippen LogP contribution in [0.3, 0.4) is 0 Å². The lowest BCUT2D eigenvalue weighted by Gasteiger charge is -2.33. The van der Waals surface area contributed by atoms with Gasteiger partial charge in [0, 0.05) is 37.7 Å². The Morgan fingerprint density at radius 2 is 1.63 bits per heavy atom. The van der Waals surface area contributed by atoms with Crippen LogP contribution in [0, 0.1) is 0 Å². The van der Waals surface area contributed by atoms with Gasteiger partial charge in [0.1, 0.15) is 5.75 Å². The molecule has 1 aliphatic rings. The lowest BCUT2D eigenvalue weighted by molar-refractivity contribution is 0.114. The van der Waals surface area contributed by atoms with E-state index in [1.54, 1.807) is 18.2 Å². The van der Waals surface area contributed by atoms with Crippen molar-refractivity contribution in [2.75, 3.05) is 32.8 Å². The van der Waals surface area contributed by atoms with Crippen LogP contribution in [-0.2, 0) is 13.1 Å². The standard InChI is InChI=1S/C22H24Cl2N4O2/c1-2-29-18-6-3-16(4-7-18)14-27-9-11-28(12-10-27)15-21-25-26-22(30-21)19-8-5-17(23)13-20(19)24/h3-8,13H,2,9-12,14-15H2,1H3. The molecule has 1 saturated heterocycles. The van der Waals surface area contributed by atoms with Gasteiger partial charge in [-0.15, -0.1) is 10.2 Å². The maximum atomic E-state index is 6.24. The summed E-state index contributed by atoms with van der Waals surface area (Å²) < 4.78 is 11.3. The largest absolute Gasteiger partial charge is 0.494 e. The molecule has 158 valence electrons. The Morgan fingerprint density at radius 3 is 2.30 bits per heavy atom. The van der Waals surface area contributed by atoms with Crippen molar-refractivity contribution in [3.63, 3.8) is 0 Å². The number of hydrogen-bond donors (Lipinski definition) is 0. The van der Waals surface area contributed by atoms with Crippen LogP contribution in [0.5, 0.6) is 5.75 Å². The second-order valence-electron chi connectivity index (χ2n) is 7.25. The fourth-order valence-corrected chi connectivity index (χ4v) is 3.99. The highest BCUT2D eigenvalue weighted by Gasteiger charge is 2.20. The van der Waals surface area contributed by atoms with E-state index in [2.05, 4.69) is 32.1 Å². The Kier molecular flexibility index (Phi) is 6.89. The number of nitrogens with zero attached hydrogens (tertiary/aromatic N) is 4. The summed E-state index contributed by atoms with van der Waals surface area (Å²) in [6.07, 6.45) is 0. The molecular formula is C22H24Cl2N4O2. The van der Waals surface area contributed by atoms with Crippen LogP contribution < -0.4 is 4.74 Å². The van der Waals surface area contributed by atoms with Crippen LogP contribution in [0.1, 0.15) is 18.4 Å². The summed E-state index contributed by atoms with van der Waals surface area (Å²) in [6, 6.07) is 13.6. The Morgan fingerprint density at radius 1 is 0.933 bits per heavy atom. The molecular weight excluding hydrogens is 423 g/mol. The SMILES string of the molecule is CCOc1ccc(CN2CCN(Cc3nnc(-c4ccc(Cl)cc4Cl)o3)CC2)cc1. The topological polar surface area (TPSA) is 54.6 Å². The minimum atomic E-state index is 0.417. The van der Waals surface area contributed by atoms with Crippen LogP contribution in [0.15, 0.2) is 46.9 Å². The quantitative estimate of drug-likeness (QED) is 0.521. The first kappa shape index (κ1) is 21.1. The van der Waals surface area contributed by atoms with Crippen molar-refractivity contribution in [1.82, 2.24) is 20.0 Å². The van der Waals surface area contributed by atoms with E-state index in [9.17, 15) is 0 Å². The molecule has 4 rings (SSSR count). The van der Waals surface area contributed by atoms with Crippen molar-refractivity contribution >= 4 is 23.2 Å². The fourth-order valence-electron chi connectivity index (χ4n) is 3.50. The third-order valence-corrected chi connectivity index (χ3v) is 5.64. The van der Waals surface area contributed by atoms with E-state index in [4.69, 9.17) is 32.4 Å². The van der Waals surface area contributed by atoms with E-state index in [0.717, 1.165) is 38.5 Å². The molecule has 30 heavy (non-hydrogen) atoms. The highest BCUT2D eigenvalue weighted by molar-refractivity contribution is 6.36. The molecule has 3 aromatic rings. The predicted molar refractivity (Wildman–Crippen MR) is 118 cm³/mol. The molecule has 0 N–H and O–H groups in total. The van der Waals surface area contributed by atoms with Crippen molar-refractivity contribution in [2.24, 2.45) is 0 Å². The van der Waals surface area contributed by atoms with Gasteiger partial charge in [-0.2, -0.15) is 0 Å². The van der Waals surface area contributed by atoms with Gasteiger partial charge in [0.25, 0.3) is 0 Å². The van der Waals surface area contributed by atoms with Gasteiger partial charge in [-0.3, -0.25) is 9.80 Å². The number of rotatable bonds is 7. The van der Waals surface area contributed by atoms with Gasteiger partial charge < -0.3 is 9.15 Å². The van der Waals surface area contributed by atoms with Crippen LogP contribution in [0.25, 0.3) is 11.5 Å². The molecule has 0 unspecified atom stereocenters. The van der Waals surface area contributed by atoms with E-state index in [-0.39, 0.29) is 0 Å². The lowest BCUT2D eigenvalue weighted by Crippen LogP contribution is -2.45. The van der Waals surface area contributed by atoms with Gasteiger partial charge in [-0.05, 0) is 42.8 Å². The van der Waals surface area contributed by atoms with Crippen molar-refractivity contribution in [2.45, 2.75) is 20.0 Å². The summed E-state index contributed by atoms with van der Waals surface area (Å²) in [4.78, 5) is 4.79. The van der Waals surface area contributed by atoms with E-state index < -0.39 is 0 Å². The molecule has 8 heteroatoms. The van der Waals surface area contributed by atoms with E-state index in [1.165, 1.54) is 5.56 Å². The number of ether oxygens (including phenoxy) is 1. The number of piperazine rings is 1. The normalized spacial score (nSPS) is 15.4. The van der Waals surface area contributed by atoms with Gasteiger partial charge >= 0.3 is 0 Å². The average molecular weight is 447 g/mol. The molecule has 2 aromatic carbocycles.